The van der Waals surface area contributed by atoms with Gasteiger partial charge in [-0.25, -0.2) is 0 Å². The first kappa shape index (κ1) is 22.9. The van der Waals surface area contributed by atoms with E-state index in [4.69, 9.17) is 0 Å². The van der Waals surface area contributed by atoms with Crippen LogP contribution in [0.25, 0.3) is 76.1 Å². The largest absolute Gasteiger partial charge is 0.0616 e. The summed E-state index contributed by atoms with van der Waals surface area (Å²) in [5, 5.41) is 13.5. The van der Waals surface area contributed by atoms with Crippen molar-refractivity contribution in [1.29, 1.82) is 0 Å². The van der Waals surface area contributed by atoms with Gasteiger partial charge in [-0.2, -0.15) is 0 Å². The molecule has 0 unspecified atom stereocenters. The number of benzene rings is 8. The molecule has 0 spiro atoms. The molecule has 0 atom stereocenters. The van der Waals surface area contributed by atoms with Crippen LogP contribution in [0.2, 0.25) is 0 Å². The highest BCUT2D eigenvalue weighted by Crippen LogP contribution is 2.58. The standard InChI is InChI=1S/C42H30/c1-41(2)34-20-29-17-26-9-6-5-8-25(26)16-28(29)18-31(34)32-21-33-36(22-35(32)41)42(3,4)37-19-27-13-12-23-10-7-11-24-14-15-30(40(33)37)39(27)38(23)24/h5-22H,1-4H3. The summed E-state index contributed by atoms with van der Waals surface area (Å²) in [6, 6.07) is 42.0. The normalized spacial score (nSPS) is 16.0. The summed E-state index contributed by atoms with van der Waals surface area (Å²) in [6.07, 6.45) is 0. The van der Waals surface area contributed by atoms with Gasteiger partial charge < -0.3 is 0 Å². The first-order valence-electron chi connectivity index (χ1n) is 15.2. The second-order valence-electron chi connectivity index (χ2n) is 13.8. The highest BCUT2D eigenvalue weighted by atomic mass is 14.5. The van der Waals surface area contributed by atoms with Gasteiger partial charge in [-0.05, 0) is 135 Å². The highest BCUT2D eigenvalue weighted by molar-refractivity contribution is 6.26. The Hall–Kier alpha value is -4.68. The third-order valence-corrected chi connectivity index (χ3v) is 10.9. The van der Waals surface area contributed by atoms with E-state index in [1.54, 1.807) is 0 Å². The van der Waals surface area contributed by atoms with Crippen molar-refractivity contribution in [2.24, 2.45) is 0 Å². The average molecular weight is 535 g/mol. The molecule has 0 fully saturated rings. The predicted molar refractivity (Wildman–Crippen MR) is 180 cm³/mol. The van der Waals surface area contributed by atoms with Gasteiger partial charge in [-0.1, -0.05) is 100 Å². The van der Waals surface area contributed by atoms with E-state index >= 15 is 0 Å². The zero-order chi connectivity index (χ0) is 28.1. The second kappa shape index (κ2) is 7.20. The van der Waals surface area contributed by atoms with Crippen LogP contribution < -0.4 is 0 Å². The quantitative estimate of drug-likeness (QED) is 0.134. The van der Waals surface area contributed by atoms with Gasteiger partial charge in [0.25, 0.3) is 0 Å². The van der Waals surface area contributed by atoms with Crippen LogP contribution in [0.15, 0.2) is 109 Å². The van der Waals surface area contributed by atoms with Gasteiger partial charge in [0.15, 0.2) is 0 Å². The Morgan fingerprint density at radius 1 is 0.357 bits per heavy atom. The maximum atomic E-state index is 2.57. The predicted octanol–water partition coefficient (Wildman–Crippen LogP) is 11.5. The summed E-state index contributed by atoms with van der Waals surface area (Å²) in [7, 11) is 0. The molecule has 10 rings (SSSR count). The topological polar surface area (TPSA) is 0 Å². The molecule has 2 aliphatic carbocycles. The summed E-state index contributed by atoms with van der Waals surface area (Å²) in [5.41, 5.74) is 11.3. The molecule has 0 heteroatoms. The lowest BCUT2D eigenvalue weighted by Gasteiger charge is -2.26. The van der Waals surface area contributed by atoms with E-state index in [0.717, 1.165) is 0 Å². The Morgan fingerprint density at radius 3 is 1.67 bits per heavy atom. The van der Waals surface area contributed by atoms with Crippen LogP contribution >= 0.6 is 0 Å². The Bertz CT molecular complexity index is 2490. The summed E-state index contributed by atoms with van der Waals surface area (Å²) in [6.45, 7) is 9.69. The van der Waals surface area contributed by atoms with Gasteiger partial charge in [0.1, 0.15) is 0 Å². The van der Waals surface area contributed by atoms with Crippen LogP contribution in [0.1, 0.15) is 49.9 Å². The number of hydrogen-bond acceptors (Lipinski definition) is 0. The molecule has 198 valence electrons. The van der Waals surface area contributed by atoms with E-state index < -0.39 is 0 Å². The molecule has 0 saturated carbocycles. The molecular weight excluding hydrogens is 504 g/mol. The monoisotopic (exact) mass is 534 g/mol. The lowest BCUT2D eigenvalue weighted by molar-refractivity contribution is 0.640. The van der Waals surface area contributed by atoms with Crippen molar-refractivity contribution in [2.45, 2.75) is 38.5 Å². The molecule has 0 radical (unpaired) electrons. The van der Waals surface area contributed by atoms with Gasteiger partial charge in [-0.3, -0.25) is 0 Å². The minimum Gasteiger partial charge on any atom is -0.0616 e. The lowest BCUT2D eigenvalue weighted by Crippen LogP contribution is -2.18. The average Bonchev–Trinajstić information content (AvgIpc) is 3.35. The van der Waals surface area contributed by atoms with Crippen LogP contribution in [0.3, 0.4) is 0 Å². The molecule has 0 N–H and O–H groups in total. The van der Waals surface area contributed by atoms with E-state index in [1.165, 1.54) is 98.4 Å². The molecule has 0 heterocycles. The van der Waals surface area contributed by atoms with Gasteiger partial charge in [0.2, 0.25) is 0 Å². The third-order valence-electron chi connectivity index (χ3n) is 10.9. The highest BCUT2D eigenvalue weighted by Gasteiger charge is 2.42. The van der Waals surface area contributed by atoms with Crippen LogP contribution in [0, 0.1) is 0 Å². The van der Waals surface area contributed by atoms with Crippen molar-refractivity contribution < 1.29 is 0 Å². The van der Waals surface area contributed by atoms with Crippen LogP contribution in [0.4, 0.5) is 0 Å². The fraction of sp³-hybridized carbons (Fsp3) is 0.143. The number of fused-ring (bicyclic) bond motifs is 9. The Kier molecular flexibility index (Phi) is 3.93. The van der Waals surface area contributed by atoms with E-state index in [1.807, 2.05) is 0 Å². The molecule has 0 nitrogen and oxygen atoms in total. The summed E-state index contributed by atoms with van der Waals surface area (Å²) >= 11 is 0. The first-order valence-corrected chi connectivity index (χ1v) is 15.2. The van der Waals surface area contributed by atoms with Gasteiger partial charge >= 0.3 is 0 Å². The molecular formula is C42H30. The van der Waals surface area contributed by atoms with E-state index in [9.17, 15) is 0 Å². The Labute approximate surface area is 245 Å². The van der Waals surface area contributed by atoms with Crippen molar-refractivity contribution in [1.82, 2.24) is 0 Å². The van der Waals surface area contributed by atoms with E-state index in [0.29, 0.717) is 0 Å². The summed E-state index contributed by atoms with van der Waals surface area (Å²) < 4.78 is 0. The maximum Gasteiger partial charge on any atom is 0.0159 e. The van der Waals surface area contributed by atoms with Crippen molar-refractivity contribution in [3.05, 3.63) is 131 Å². The summed E-state index contributed by atoms with van der Waals surface area (Å²) in [5.74, 6) is 0. The molecule has 0 amide bonds. The zero-order valence-corrected chi connectivity index (χ0v) is 24.4. The van der Waals surface area contributed by atoms with Crippen LogP contribution in [-0.2, 0) is 10.8 Å². The Balaban J connectivity index is 1.30. The van der Waals surface area contributed by atoms with Crippen molar-refractivity contribution >= 4 is 53.9 Å². The van der Waals surface area contributed by atoms with Gasteiger partial charge in [-0.15, -0.1) is 0 Å². The second-order valence-corrected chi connectivity index (χ2v) is 13.8. The number of hydrogen-bond donors (Lipinski definition) is 0. The van der Waals surface area contributed by atoms with Crippen LogP contribution in [-0.4, -0.2) is 0 Å². The SMILES string of the molecule is CC1(C)c2cc3c(cc2-c2cc4cc5ccccc5cc4cc21)-c1c(cc2ccc4cccc5ccc1c2c45)C3(C)C. The third kappa shape index (κ3) is 2.61. The van der Waals surface area contributed by atoms with Crippen molar-refractivity contribution in [3.8, 4) is 22.3 Å². The van der Waals surface area contributed by atoms with E-state index in [2.05, 4.69) is 137 Å². The number of rotatable bonds is 0. The molecule has 2 aliphatic rings. The first-order chi connectivity index (χ1) is 20.3. The maximum absolute atomic E-state index is 2.57. The fourth-order valence-electron chi connectivity index (χ4n) is 8.68. The molecule has 0 saturated heterocycles. The minimum atomic E-state index is -0.0720. The zero-order valence-electron chi connectivity index (χ0n) is 24.4. The lowest BCUT2D eigenvalue weighted by atomic mass is 9.77. The Morgan fingerprint density at radius 2 is 0.905 bits per heavy atom. The van der Waals surface area contributed by atoms with Crippen molar-refractivity contribution in [2.75, 3.05) is 0 Å². The van der Waals surface area contributed by atoms with E-state index in [-0.39, 0.29) is 10.8 Å². The molecule has 42 heavy (non-hydrogen) atoms. The summed E-state index contributed by atoms with van der Waals surface area (Å²) in [4.78, 5) is 0. The van der Waals surface area contributed by atoms with Gasteiger partial charge in [0, 0.05) is 10.8 Å². The van der Waals surface area contributed by atoms with Gasteiger partial charge in [0.05, 0.1) is 0 Å². The minimum absolute atomic E-state index is 0.0611. The molecule has 0 aromatic heterocycles. The van der Waals surface area contributed by atoms with Crippen molar-refractivity contribution in [3.63, 3.8) is 0 Å². The molecule has 8 aromatic carbocycles. The molecule has 0 bridgehead atoms. The fourth-order valence-corrected chi connectivity index (χ4v) is 8.68. The molecule has 0 aliphatic heterocycles. The molecule has 8 aromatic rings. The van der Waals surface area contributed by atoms with Crippen LogP contribution in [0.5, 0.6) is 0 Å². The smallest absolute Gasteiger partial charge is 0.0159 e.